The molecule has 0 atom stereocenters. The Morgan fingerprint density at radius 2 is 2.03 bits per heavy atom. The molecule has 158 valence electrons. The van der Waals surface area contributed by atoms with Crippen molar-refractivity contribution in [2.45, 2.75) is 17.8 Å². The number of amides is 1. The van der Waals surface area contributed by atoms with Crippen LogP contribution >= 0.6 is 34.7 Å². The highest BCUT2D eigenvalue weighted by Gasteiger charge is 2.15. The number of methoxy groups -OCH3 is 1. The summed E-state index contributed by atoms with van der Waals surface area (Å²) in [6, 6.07) is 12.9. The van der Waals surface area contributed by atoms with Crippen LogP contribution in [0.25, 0.3) is 5.69 Å². The van der Waals surface area contributed by atoms with Gasteiger partial charge in [0.05, 0.1) is 18.6 Å². The minimum Gasteiger partial charge on any atom is -0.497 e. The summed E-state index contributed by atoms with van der Waals surface area (Å²) in [5, 5.41) is 13.5. The molecule has 4 rings (SSSR count). The van der Waals surface area contributed by atoms with Crippen molar-refractivity contribution in [1.82, 2.24) is 19.7 Å². The van der Waals surface area contributed by atoms with Gasteiger partial charge in [0, 0.05) is 23.1 Å². The molecule has 7 nitrogen and oxygen atoms in total. The predicted molar refractivity (Wildman–Crippen MR) is 124 cm³/mol. The number of aromatic nitrogens is 4. The van der Waals surface area contributed by atoms with Crippen molar-refractivity contribution in [3.8, 4) is 11.4 Å². The maximum Gasteiger partial charge on any atom is 0.286 e. The fourth-order valence-electron chi connectivity index (χ4n) is 2.83. The van der Waals surface area contributed by atoms with Crippen LogP contribution < -0.4 is 10.1 Å². The van der Waals surface area contributed by atoms with E-state index < -0.39 is 0 Å². The van der Waals surface area contributed by atoms with Gasteiger partial charge in [-0.15, -0.1) is 10.2 Å². The molecule has 0 spiro atoms. The van der Waals surface area contributed by atoms with Gasteiger partial charge in [0.25, 0.3) is 5.91 Å². The third-order valence-corrected chi connectivity index (χ3v) is 6.93. The summed E-state index contributed by atoms with van der Waals surface area (Å²) < 4.78 is 7.11. The molecule has 10 heteroatoms. The fraction of sp³-hybridized carbons (Fsp3) is 0.143. The number of anilines is 1. The van der Waals surface area contributed by atoms with E-state index in [0.717, 1.165) is 27.2 Å². The topological polar surface area (TPSA) is 81.9 Å². The van der Waals surface area contributed by atoms with Gasteiger partial charge < -0.3 is 10.1 Å². The van der Waals surface area contributed by atoms with Crippen molar-refractivity contribution in [2.24, 2.45) is 0 Å². The predicted octanol–water partition coefficient (Wildman–Crippen LogP) is 5.24. The normalized spacial score (nSPS) is 10.8. The quantitative estimate of drug-likeness (QED) is 0.371. The number of carbonyl (C=O) groups excluding carboxylic acids is 1. The first-order chi connectivity index (χ1) is 15.0. The van der Waals surface area contributed by atoms with Crippen molar-refractivity contribution in [1.29, 1.82) is 0 Å². The molecule has 0 saturated heterocycles. The Kier molecular flexibility index (Phi) is 6.55. The van der Waals surface area contributed by atoms with Gasteiger partial charge in [-0.05, 0) is 48.9 Å². The van der Waals surface area contributed by atoms with E-state index in [1.807, 2.05) is 35.9 Å². The van der Waals surface area contributed by atoms with E-state index in [2.05, 4.69) is 20.5 Å². The van der Waals surface area contributed by atoms with Gasteiger partial charge in [0.2, 0.25) is 5.01 Å². The number of ether oxygens (including phenoxy) is 1. The van der Waals surface area contributed by atoms with E-state index in [-0.39, 0.29) is 5.91 Å². The van der Waals surface area contributed by atoms with Gasteiger partial charge in [-0.2, -0.15) is 0 Å². The Labute approximate surface area is 192 Å². The van der Waals surface area contributed by atoms with Crippen LogP contribution in [0.3, 0.4) is 0 Å². The average Bonchev–Trinajstić information content (AvgIpc) is 3.44. The summed E-state index contributed by atoms with van der Waals surface area (Å²) in [6.45, 7) is 1.98. The molecule has 4 aromatic rings. The lowest BCUT2D eigenvalue weighted by Gasteiger charge is -2.11. The number of halogens is 1. The van der Waals surface area contributed by atoms with Crippen LogP contribution in [0.1, 0.15) is 20.4 Å². The highest BCUT2D eigenvalue weighted by atomic mass is 35.5. The molecule has 0 unspecified atom stereocenters. The lowest BCUT2D eigenvalue weighted by molar-refractivity contribution is 0.102. The molecular weight excluding hydrogens is 454 g/mol. The smallest absolute Gasteiger partial charge is 0.286 e. The zero-order valence-corrected chi connectivity index (χ0v) is 19.1. The van der Waals surface area contributed by atoms with E-state index in [0.29, 0.717) is 21.5 Å². The minimum atomic E-state index is -0.296. The number of hydrogen-bond acceptors (Lipinski definition) is 7. The summed E-state index contributed by atoms with van der Waals surface area (Å²) in [7, 11) is 1.59. The van der Waals surface area contributed by atoms with Gasteiger partial charge in [0.1, 0.15) is 10.8 Å². The Morgan fingerprint density at radius 1 is 1.23 bits per heavy atom. The Balaban J connectivity index is 1.41. The summed E-state index contributed by atoms with van der Waals surface area (Å²) >= 11 is 9.04. The van der Waals surface area contributed by atoms with Gasteiger partial charge >= 0.3 is 0 Å². The molecular formula is C21H18ClN5O2S2. The number of nitrogens with zero attached hydrogens (tertiary/aromatic N) is 4. The van der Waals surface area contributed by atoms with E-state index in [9.17, 15) is 4.79 Å². The van der Waals surface area contributed by atoms with Crippen LogP contribution in [0.5, 0.6) is 5.75 Å². The standard InChI is InChI=1S/C21H18ClN5O2S2/c1-13-16(22)4-3-5-17(13)27-11-10-23-21(27)30-12-18-25-26-20(31-18)19(28)24-14-6-8-15(29-2)9-7-14/h3-11H,12H2,1-2H3,(H,24,28). The van der Waals surface area contributed by atoms with Crippen LogP contribution in [0.4, 0.5) is 5.69 Å². The van der Waals surface area contributed by atoms with Crippen LogP contribution in [-0.2, 0) is 5.75 Å². The molecule has 0 saturated carbocycles. The van der Waals surface area contributed by atoms with Crippen LogP contribution in [0, 0.1) is 6.92 Å². The maximum atomic E-state index is 12.5. The highest BCUT2D eigenvalue weighted by Crippen LogP contribution is 2.29. The van der Waals surface area contributed by atoms with E-state index >= 15 is 0 Å². The summed E-state index contributed by atoms with van der Waals surface area (Å²) in [6.07, 6.45) is 3.64. The molecule has 1 amide bonds. The molecule has 0 aliphatic rings. The summed E-state index contributed by atoms with van der Waals surface area (Å²) in [5.41, 5.74) is 2.62. The molecule has 2 aromatic carbocycles. The molecule has 2 aromatic heterocycles. The zero-order valence-electron chi connectivity index (χ0n) is 16.7. The summed E-state index contributed by atoms with van der Waals surface area (Å²) in [4.78, 5) is 16.9. The highest BCUT2D eigenvalue weighted by molar-refractivity contribution is 7.98. The van der Waals surface area contributed by atoms with E-state index in [1.165, 1.54) is 23.1 Å². The van der Waals surface area contributed by atoms with Gasteiger partial charge in [-0.3, -0.25) is 9.36 Å². The average molecular weight is 472 g/mol. The first kappa shape index (κ1) is 21.4. The van der Waals surface area contributed by atoms with Gasteiger partial charge in [0.15, 0.2) is 5.16 Å². The monoisotopic (exact) mass is 471 g/mol. The van der Waals surface area contributed by atoms with Crippen molar-refractivity contribution >= 4 is 46.3 Å². The molecule has 1 N–H and O–H groups in total. The second kappa shape index (κ2) is 9.51. The first-order valence-corrected chi connectivity index (χ1v) is 11.4. The molecule has 0 fully saturated rings. The molecule has 0 aliphatic heterocycles. The van der Waals surface area contributed by atoms with Crippen molar-refractivity contribution in [3.05, 3.63) is 75.5 Å². The number of imidazole rings is 1. The Morgan fingerprint density at radius 3 is 2.81 bits per heavy atom. The molecule has 0 radical (unpaired) electrons. The second-order valence-electron chi connectivity index (χ2n) is 6.44. The number of nitrogens with one attached hydrogen (secondary N) is 1. The molecule has 31 heavy (non-hydrogen) atoms. The largest absolute Gasteiger partial charge is 0.497 e. The number of benzene rings is 2. The number of hydrogen-bond donors (Lipinski definition) is 1. The lowest BCUT2D eigenvalue weighted by atomic mass is 10.2. The van der Waals surface area contributed by atoms with Crippen molar-refractivity contribution < 1.29 is 9.53 Å². The Hall–Kier alpha value is -2.88. The Bertz CT molecular complexity index is 1210. The van der Waals surface area contributed by atoms with Crippen LogP contribution in [-0.4, -0.2) is 32.8 Å². The minimum absolute atomic E-state index is 0.296. The molecule has 0 bridgehead atoms. The van der Waals surface area contributed by atoms with E-state index in [1.54, 1.807) is 37.6 Å². The van der Waals surface area contributed by atoms with Crippen molar-refractivity contribution in [2.75, 3.05) is 12.4 Å². The third kappa shape index (κ3) is 4.90. The number of carbonyl (C=O) groups is 1. The molecule has 2 heterocycles. The van der Waals surface area contributed by atoms with E-state index in [4.69, 9.17) is 16.3 Å². The zero-order chi connectivity index (χ0) is 21.8. The summed E-state index contributed by atoms with van der Waals surface area (Å²) in [5.74, 6) is 0.971. The maximum absolute atomic E-state index is 12.5. The SMILES string of the molecule is COc1ccc(NC(=O)c2nnc(CSc3nccn3-c3cccc(Cl)c3C)s2)cc1. The first-order valence-electron chi connectivity index (χ1n) is 9.24. The second-order valence-corrected chi connectivity index (χ2v) is 8.85. The van der Waals surface area contributed by atoms with Crippen LogP contribution in [0.2, 0.25) is 5.02 Å². The van der Waals surface area contributed by atoms with Gasteiger partial charge in [-0.25, -0.2) is 4.98 Å². The molecule has 0 aliphatic carbocycles. The fourth-order valence-corrected chi connectivity index (χ4v) is 4.68. The van der Waals surface area contributed by atoms with Crippen LogP contribution in [0.15, 0.2) is 60.0 Å². The number of rotatable bonds is 7. The van der Waals surface area contributed by atoms with Gasteiger partial charge in [-0.1, -0.05) is 40.8 Å². The van der Waals surface area contributed by atoms with Crippen molar-refractivity contribution in [3.63, 3.8) is 0 Å². The third-order valence-electron chi connectivity index (χ3n) is 4.44. The lowest BCUT2D eigenvalue weighted by Crippen LogP contribution is -2.11. The number of thioether (sulfide) groups is 1.